The number of thioether (sulfide) groups is 1. The van der Waals surface area contributed by atoms with Gasteiger partial charge in [0, 0.05) is 18.8 Å². The lowest BCUT2D eigenvalue weighted by Gasteiger charge is -2.20. The van der Waals surface area contributed by atoms with E-state index in [0.717, 1.165) is 18.7 Å². The lowest BCUT2D eigenvalue weighted by Crippen LogP contribution is -2.23. The van der Waals surface area contributed by atoms with E-state index in [-0.39, 0.29) is 11.2 Å². The Morgan fingerprint density at radius 3 is 2.48 bits per heavy atom. The van der Waals surface area contributed by atoms with Crippen molar-refractivity contribution in [3.8, 4) is 0 Å². The van der Waals surface area contributed by atoms with Gasteiger partial charge in [-0.15, -0.1) is 5.10 Å². The van der Waals surface area contributed by atoms with Crippen LogP contribution in [-0.4, -0.2) is 35.6 Å². The minimum absolute atomic E-state index is 0.0162. The van der Waals surface area contributed by atoms with Crippen LogP contribution in [0.4, 0.5) is 5.69 Å². The Labute approximate surface area is 129 Å². The van der Waals surface area contributed by atoms with Gasteiger partial charge in [-0.05, 0) is 38.5 Å². The highest BCUT2D eigenvalue weighted by molar-refractivity contribution is 8.15. The monoisotopic (exact) mass is 304 g/mol. The fourth-order valence-electron chi connectivity index (χ4n) is 2.01. The van der Waals surface area contributed by atoms with E-state index in [1.54, 1.807) is 6.21 Å². The van der Waals surface area contributed by atoms with Gasteiger partial charge in [0.05, 0.1) is 11.5 Å². The van der Waals surface area contributed by atoms with Gasteiger partial charge in [0.2, 0.25) is 5.91 Å². The number of nitrogens with zero attached hydrogens (tertiary/aromatic N) is 3. The maximum Gasteiger partial charge on any atom is 0.239 e. The molecule has 0 aromatic heterocycles. The summed E-state index contributed by atoms with van der Waals surface area (Å²) in [5.74, 6) is -0.0162. The lowest BCUT2D eigenvalue weighted by molar-refractivity contribution is -0.118. The predicted octanol–water partition coefficient (Wildman–Crippen LogP) is 2.47. The van der Waals surface area contributed by atoms with Crippen LogP contribution >= 0.6 is 11.8 Å². The third-order valence-electron chi connectivity index (χ3n) is 3.26. The van der Waals surface area contributed by atoms with Crippen molar-refractivity contribution >= 4 is 34.7 Å². The predicted molar refractivity (Wildman–Crippen MR) is 90.2 cm³/mol. The van der Waals surface area contributed by atoms with Crippen LogP contribution in [0.25, 0.3) is 0 Å². The number of benzene rings is 1. The fourth-order valence-corrected chi connectivity index (χ4v) is 2.77. The molecule has 0 aliphatic carbocycles. The summed E-state index contributed by atoms with van der Waals surface area (Å²) < 4.78 is 0. The van der Waals surface area contributed by atoms with Crippen molar-refractivity contribution in [3.05, 3.63) is 29.8 Å². The zero-order valence-electron chi connectivity index (χ0n) is 12.5. The summed E-state index contributed by atoms with van der Waals surface area (Å²) in [6.07, 6.45) is 1.69. The number of anilines is 1. The molecule has 1 aromatic carbocycles. The molecule has 5 nitrogen and oxygen atoms in total. The number of rotatable bonds is 5. The normalized spacial score (nSPS) is 20.2. The summed E-state index contributed by atoms with van der Waals surface area (Å²) in [5.41, 5.74) is 2.19. The average molecular weight is 304 g/mol. The van der Waals surface area contributed by atoms with Gasteiger partial charge >= 0.3 is 0 Å². The molecule has 2 rings (SSSR count). The first-order chi connectivity index (χ1) is 10.1. The minimum Gasteiger partial charge on any atom is -0.372 e. The standard InChI is InChI=1S/C15H20N4OS/c1-4-19(5-2)13-8-6-12(7-9-13)10-16-18-15-17-14(20)11(3)21-15/h6-11H,4-5H2,1-3H3,(H,17,18,20)/b16-10-/t11-/m1/s1. The van der Waals surface area contributed by atoms with Gasteiger partial charge in [-0.2, -0.15) is 5.10 Å². The molecule has 1 heterocycles. The molecule has 0 saturated carbocycles. The molecule has 21 heavy (non-hydrogen) atoms. The van der Waals surface area contributed by atoms with Crippen LogP contribution in [0.3, 0.4) is 0 Å². The summed E-state index contributed by atoms with van der Waals surface area (Å²) in [7, 11) is 0. The Kier molecular flexibility index (Phi) is 5.38. The number of hydrogen-bond acceptors (Lipinski definition) is 5. The smallest absolute Gasteiger partial charge is 0.239 e. The second-order valence-corrected chi connectivity index (χ2v) is 5.99. The number of amidine groups is 1. The lowest BCUT2D eigenvalue weighted by atomic mass is 10.2. The number of carbonyl (C=O) groups excluding carboxylic acids is 1. The summed E-state index contributed by atoms with van der Waals surface area (Å²) in [5, 5.41) is 11.2. The molecular formula is C15H20N4OS. The molecule has 0 bridgehead atoms. The van der Waals surface area contributed by atoms with E-state index in [9.17, 15) is 4.79 Å². The molecule has 6 heteroatoms. The van der Waals surface area contributed by atoms with Crippen molar-refractivity contribution in [1.29, 1.82) is 0 Å². The van der Waals surface area contributed by atoms with Crippen LogP contribution in [-0.2, 0) is 4.79 Å². The van der Waals surface area contributed by atoms with E-state index in [1.807, 2.05) is 19.1 Å². The van der Waals surface area contributed by atoms with Gasteiger partial charge in [-0.25, -0.2) is 0 Å². The molecule has 1 aliphatic rings. The molecule has 0 radical (unpaired) electrons. The Bertz CT molecular complexity index is 549. The number of amides is 1. The van der Waals surface area contributed by atoms with E-state index in [0.29, 0.717) is 5.17 Å². The quantitative estimate of drug-likeness (QED) is 0.671. The van der Waals surface area contributed by atoms with Gasteiger partial charge in [0.15, 0.2) is 5.17 Å². The second-order valence-electron chi connectivity index (χ2n) is 4.66. The Morgan fingerprint density at radius 1 is 1.29 bits per heavy atom. The van der Waals surface area contributed by atoms with Crippen LogP contribution in [0.2, 0.25) is 0 Å². The average Bonchev–Trinajstić information content (AvgIpc) is 2.80. The Balaban J connectivity index is 1.99. The van der Waals surface area contributed by atoms with E-state index >= 15 is 0 Å². The van der Waals surface area contributed by atoms with Crippen molar-refractivity contribution in [2.75, 3.05) is 18.0 Å². The third kappa shape index (κ3) is 4.07. The van der Waals surface area contributed by atoms with E-state index in [4.69, 9.17) is 0 Å². The van der Waals surface area contributed by atoms with Crippen molar-refractivity contribution in [3.63, 3.8) is 0 Å². The van der Waals surface area contributed by atoms with E-state index in [1.165, 1.54) is 17.4 Å². The van der Waals surface area contributed by atoms with Crippen molar-refractivity contribution in [2.45, 2.75) is 26.0 Å². The zero-order chi connectivity index (χ0) is 15.2. The Morgan fingerprint density at radius 2 is 1.95 bits per heavy atom. The first-order valence-corrected chi connectivity index (χ1v) is 7.95. The van der Waals surface area contributed by atoms with Crippen molar-refractivity contribution in [1.82, 2.24) is 5.32 Å². The minimum atomic E-state index is -0.0905. The third-order valence-corrected chi connectivity index (χ3v) is 4.24. The highest BCUT2D eigenvalue weighted by Gasteiger charge is 2.25. The van der Waals surface area contributed by atoms with Gasteiger partial charge < -0.3 is 10.2 Å². The van der Waals surface area contributed by atoms with Gasteiger partial charge in [-0.1, -0.05) is 23.9 Å². The topological polar surface area (TPSA) is 57.1 Å². The molecule has 0 spiro atoms. The summed E-state index contributed by atoms with van der Waals surface area (Å²) in [4.78, 5) is 13.6. The van der Waals surface area contributed by atoms with Crippen molar-refractivity contribution < 1.29 is 4.79 Å². The summed E-state index contributed by atoms with van der Waals surface area (Å²) in [6, 6.07) is 8.19. The molecule has 1 aromatic rings. The first kappa shape index (κ1) is 15.6. The number of hydrogen-bond donors (Lipinski definition) is 1. The van der Waals surface area contributed by atoms with E-state index in [2.05, 4.69) is 46.4 Å². The second kappa shape index (κ2) is 7.26. The van der Waals surface area contributed by atoms with Crippen LogP contribution in [0, 0.1) is 0 Å². The largest absolute Gasteiger partial charge is 0.372 e. The maximum absolute atomic E-state index is 11.3. The molecular weight excluding hydrogens is 284 g/mol. The molecule has 0 unspecified atom stereocenters. The fraction of sp³-hybridized carbons (Fsp3) is 0.400. The number of nitrogens with one attached hydrogen (secondary N) is 1. The van der Waals surface area contributed by atoms with Crippen LogP contribution in [0.5, 0.6) is 0 Å². The summed E-state index contributed by atoms with van der Waals surface area (Å²) >= 11 is 1.39. The molecule has 1 amide bonds. The number of carbonyl (C=O) groups is 1. The molecule has 1 N–H and O–H groups in total. The Hall–Kier alpha value is -1.82. The van der Waals surface area contributed by atoms with Crippen LogP contribution in [0.15, 0.2) is 34.5 Å². The van der Waals surface area contributed by atoms with E-state index < -0.39 is 0 Å². The van der Waals surface area contributed by atoms with Crippen LogP contribution in [0.1, 0.15) is 26.3 Å². The van der Waals surface area contributed by atoms with Gasteiger partial charge in [-0.3, -0.25) is 4.79 Å². The van der Waals surface area contributed by atoms with Gasteiger partial charge in [0.1, 0.15) is 0 Å². The molecule has 112 valence electrons. The molecule has 1 saturated heterocycles. The summed E-state index contributed by atoms with van der Waals surface area (Å²) in [6.45, 7) is 8.12. The molecule has 1 aliphatic heterocycles. The van der Waals surface area contributed by atoms with Gasteiger partial charge in [0.25, 0.3) is 0 Å². The maximum atomic E-state index is 11.3. The molecule has 1 atom stereocenters. The first-order valence-electron chi connectivity index (χ1n) is 7.07. The molecule has 1 fully saturated rings. The zero-order valence-corrected chi connectivity index (χ0v) is 13.4. The van der Waals surface area contributed by atoms with Crippen molar-refractivity contribution in [2.24, 2.45) is 10.2 Å². The SMILES string of the molecule is CCN(CC)c1ccc(/C=N\N=C2\NC(=O)[C@@H](C)S2)cc1. The highest BCUT2D eigenvalue weighted by atomic mass is 32.2. The van der Waals surface area contributed by atoms with Crippen LogP contribution < -0.4 is 10.2 Å². The highest BCUT2D eigenvalue weighted by Crippen LogP contribution is 2.18.